The van der Waals surface area contributed by atoms with Crippen molar-refractivity contribution in [3.63, 3.8) is 0 Å². The van der Waals surface area contributed by atoms with Gasteiger partial charge in [-0.25, -0.2) is 0 Å². The van der Waals surface area contributed by atoms with Gasteiger partial charge in [0, 0.05) is 156 Å². The quantitative estimate of drug-likeness (QED) is 0.0324. The number of hydrogen-bond acceptors (Lipinski definition) is 14. The van der Waals surface area contributed by atoms with Crippen molar-refractivity contribution in [2.24, 2.45) is 32.5 Å². The summed E-state index contributed by atoms with van der Waals surface area (Å²) in [5.41, 5.74) is 37.9. The molecule has 0 fully saturated rings. The lowest BCUT2D eigenvalue weighted by Gasteiger charge is -2.27. The normalized spacial score (nSPS) is 13.2. The number of nitrogens with zero attached hydrogens (tertiary/aromatic N) is 2. The minimum absolute atomic E-state index is 0.0216. The fourth-order valence-corrected chi connectivity index (χ4v) is 12.1. The van der Waals surface area contributed by atoms with E-state index in [1.54, 1.807) is 65.8 Å². The average molecular weight is 1840 g/mol. The fourth-order valence-electron chi connectivity index (χ4n) is 12.1. The highest BCUT2D eigenvalue weighted by Crippen LogP contribution is 2.38. The molecule has 2 aliphatic rings. The van der Waals surface area contributed by atoms with Gasteiger partial charge in [0.05, 0.1) is 15.4 Å². The summed E-state index contributed by atoms with van der Waals surface area (Å²) in [5.74, 6) is 0.596. The van der Waals surface area contributed by atoms with Gasteiger partial charge in [0.2, 0.25) is 11.9 Å². The number of aliphatic hydroxyl groups is 1. The van der Waals surface area contributed by atoms with E-state index in [2.05, 4.69) is 201 Å². The number of carbonyl (C=O) groups is 4. The number of aromatic amines is 3. The molecule has 14 rings (SSSR count). The molecule has 0 radical (unpaired) electrons. The number of Topliss-reactive ketones (excluding diaryl/α,β-unsaturated/α-hetero) is 2. The number of aromatic nitrogens is 3. The number of anilines is 5. The van der Waals surface area contributed by atoms with Crippen LogP contribution in [0, 0.1) is 80.4 Å². The lowest BCUT2D eigenvalue weighted by atomic mass is 9.85. The maximum Gasteiger partial charge on any atom is 0.271 e. The maximum atomic E-state index is 11.8. The van der Waals surface area contributed by atoms with Crippen LogP contribution in [-0.4, -0.2) is 72.6 Å². The van der Waals surface area contributed by atoms with Gasteiger partial charge in [-0.15, -0.1) is 0 Å². The van der Waals surface area contributed by atoms with Crippen LogP contribution in [0.2, 0.25) is 0 Å². The van der Waals surface area contributed by atoms with Gasteiger partial charge in [-0.1, -0.05) is 320 Å². The van der Waals surface area contributed by atoms with Gasteiger partial charge in [0.1, 0.15) is 11.6 Å². The van der Waals surface area contributed by atoms with Crippen molar-refractivity contribution >= 4 is 118 Å². The van der Waals surface area contributed by atoms with E-state index in [1.807, 2.05) is 191 Å². The Labute approximate surface area is 799 Å². The van der Waals surface area contributed by atoms with E-state index < -0.39 is 0 Å². The predicted molar refractivity (Wildman–Crippen MR) is 561 cm³/mol. The lowest BCUT2D eigenvalue weighted by Crippen LogP contribution is -2.31. The zero-order valence-corrected chi connectivity index (χ0v) is 86.3. The number of nitrogens with one attached hydrogen (secondary N) is 5. The maximum absolute atomic E-state index is 11.8. The molecule has 0 spiro atoms. The molecule has 0 bridgehead atoms. The summed E-state index contributed by atoms with van der Waals surface area (Å²) < 4.78 is 5.71. The minimum Gasteiger partial charge on any atom is -0.400 e. The Hall–Kier alpha value is -11.4. The first kappa shape index (κ1) is 113. The number of benzene rings is 9. The molecule has 2 atom stereocenters. The SMILES string of the molecule is CC(C)(C)C(=O)Cl.CC(C)(C)C(=O)Cl.CC(C)(C)C1Cc2ccc([N+](=O)[O-])cc2N1.CC(C)(C)C1Cc2ccccc2N1.CC(C)(C)c1cc2ccc(N)cc2[nH]1.CC(C)(C)c1cc2ccc([N+](=O)[O-])cc2[nH]1.CC(C)(C)c1cc2ccccc2[nH]1.Cc1ccccc1CC(=O)C(C)(C)C.Cc1ccccc1CC(=O)C(C)(C)C.Cc1ccccc1N.Cc1ccccc1N.[2H]OC. The number of aliphatic hydroxyl groups excluding tert-OH is 1. The van der Waals surface area contributed by atoms with Crippen molar-refractivity contribution in [1.29, 1.82) is 1.43 Å². The Morgan fingerprint density at radius 2 is 0.682 bits per heavy atom. The summed E-state index contributed by atoms with van der Waals surface area (Å²) in [6.45, 7) is 63.5. The molecule has 21 heteroatoms. The summed E-state index contributed by atoms with van der Waals surface area (Å²) >= 11 is 10.2. The predicted octanol–water partition coefficient (Wildman–Crippen LogP) is 28.6. The fraction of sp³-hybridized carbons (Fsp3) is 0.423. The molecule has 9 aromatic carbocycles. The number of nitro groups is 2. The average Bonchev–Trinajstić information content (AvgIpc) is 1.65. The van der Waals surface area contributed by atoms with E-state index >= 15 is 0 Å². The highest BCUT2D eigenvalue weighted by molar-refractivity contribution is 6.64. The molecular weight excluding hydrogens is 1690 g/mol. The highest BCUT2D eigenvalue weighted by atomic mass is 35.5. The number of ketones is 2. The zero-order chi connectivity index (χ0) is 102. The Morgan fingerprint density at radius 3 is 1.02 bits per heavy atom. The van der Waals surface area contributed by atoms with Crippen molar-refractivity contribution in [2.45, 2.75) is 269 Å². The number of carbonyl (C=O) groups excluding carboxylic acids is 4. The number of rotatable bonds is 6. The molecule has 2 aliphatic heterocycles. The lowest BCUT2D eigenvalue weighted by molar-refractivity contribution is -0.384. The van der Waals surface area contributed by atoms with Crippen molar-refractivity contribution in [2.75, 3.05) is 34.9 Å². The second-order valence-electron chi connectivity index (χ2n) is 42.9. The van der Waals surface area contributed by atoms with Crippen molar-refractivity contribution in [3.05, 3.63) is 300 Å². The second kappa shape index (κ2) is 49.9. The Bertz CT molecular complexity index is 5510. The summed E-state index contributed by atoms with van der Waals surface area (Å²) in [4.78, 5) is 74.7. The van der Waals surface area contributed by atoms with Gasteiger partial charge in [0.25, 0.3) is 11.4 Å². The molecule has 132 heavy (non-hydrogen) atoms. The van der Waals surface area contributed by atoms with Crippen molar-refractivity contribution < 1.29 is 34.1 Å². The monoisotopic (exact) mass is 1840 g/mol. The topological polar surface area (TPSA) is 324 Å². The van der Waals surface area contributed by atoms with E-state index in [0.29, 0.717) is 41.9 Å². The minimum atomic E-state index is -0.378. The highest BCUT2D eigenvalue weighted by Gasteiger charge is 2.33. The number of para-hydroxylation sites is 4. The number of hydrogen-bond donors (Lipinski definition) is 9. The molecule has 12 aromatic rings. The first-order valence-corrected chi connectivity index (χ1v) is 45.7. The van der Waals surface area contributed by atoms with Gasteiger partial charge in [0.15, 0.2) is 0 Å². The number of H-pyrrole nitrogens is 3. The van der Waals surface area contributed by atoms with Gasteiger partial charge in [-0.05, 0) is 191 Å². The van der Waals surface area contributed by atoms with Crippen LogP contribution in [-0.2, 0) is 61.1 Å². The largest absolute Gasteiger partial charge is 0.400 e. The second-order valence-corrected chi connectivity index (χ2v) is 43.6. The van der Waals surface area contributed by atoms with Crippen molar-refractivity contribution in [3.8, 4) is 0 Å². The van der Waals surface area contributed by atoms with Crippen LogP contribution in [0.5, 0.6) is 0 Å². The molecular formula is C111H154Cl2N10O9. The van der Waals surface area contributed by atoms with Crippen LogP contribution in [0.1, 0.15) is 249 Å². The Morgan fingerprint density at radius 1 is 0.379 bits per heavy atom. The van der Waals surface area contributed by atoms with Gasteiger partial charge < -0.3 is 47.9 Å². The Balaban J connectivity index is 0.000000379. The standard InChI is InChI=1S/2C13H18O.C12H16N2O2.C12H14N2O2.C12H16N2.C12H17N.C12H15N.2C7H9N.2C5H9ClO.CH4O/c2*1-10-7-5-6-8-11(10)9-12(14)13(2,3)4;2*1-12(2,3)11-6-8-4-5-9(14(15)16)7-10(8)13-11;1-12(2,3)11-6-8-4-5-9(13)7-10(8)14-11;2*1-12(2,3)11-8-9-6-4-5-7-10(9)13-11;2*1-6-4-2-3-5-7(6)8;2*1-5(2,3)4(6)7;1-2/h2*5-8H,9H2,1-4H3;4-5,7,11,13H,6H2,1-3H3;4-7,13H,1-3H3;4-7,14H,13H2,1-3H3;4-7,11,13H,8H2,1-3H3;4-8,13H,1-3H3;2*2-5H,8H2,1H3;2*1-3H3;2H,1H3/i;;;;;;;;;;;2D. The third-order valence-corrected chi connectivity index (χ3v) is 22.9. The molecule has 0 amide bonds. The number of nitro benzene ring substituents is 2. The van der Waals surface area contributed by atoms with E-state index in [9.17, 15) is 39.4 Å². The smallest absolute Gasteiger partial charge is 0.271 e. The number of aryl methyl sites for hydroxylation is 4. The Kier molecular flexibility index (Phi) is 42.7. The molecule has 0 aliphatic carbocycles. The first-order valence-electron chi connectivity index (χ1n) is 45.3. The third kappa shape index (κ3) is 39.6. The number of fused-ring (bicyclic) bond motifs is 5. The zero-order valence-electron chi connectivity index (χ0n) is 85.8. The van der Waals surface area contributed by atoms with Gasteiger partial charge in [-0.3, -0.25) is 39.4 Å². The summed E-state index contributed by atoms with van der Waals surface area (Å²) in [6, 6.07) is 72.0. The van der Waals surface area contributed by atoms with Gasteiger partial charge in [-0.2, -0.15) is 0 Å². The van der Waals surface area contributed by atoms with Crippen LogP contribution in [0.3, 0.4) is 0 Å². The molecule has 0 saturated heterocycles. The van der Waals surface area contributed by atoms with Crippen molar-refractivity contribution in [1.82, 2.24) is 15.0 Å². The van der Waals surface area contributed by atoms with Crippen LogP contribution >= 0.6 is 23.2 Å². The number of nitrogens with two attached hydrogens (primary N) is 3. The molecule has 12 N–H and O–H groups in total. The molecule has 3 aromatic heterocycles. The number of nitrogen functional groups attached to an aromatic ring is 3. The number of non-ortho nitro benzene ring substituents is 2. The summed E-state index contributed by atoms with van der Waals surface area (Å²) in [7, 11) is 1.29. The molecule has 716 valence electrons. The molecule has 2 unspecified atom stereocenters. The van der Waals surface area contributed by atoms with E-state index in [0.717, 1.165) is 73.5 Å². The van der Waals surface area contributed by atoms with Crippen LogP contribution in [0.25, 0.3) is 32.7 Å². The first-order chi connectivity index (χ1) is 61.1. The molecule has 0 saturated carbocycles. The summed E-state index contributed by atoms with van der Waals surface area (Å²) in [6.07, 6.45) is 3.21. The third-order valence-electron chi connectivity index (χ3n) is 21.8. The summed E-state index contributed by atoms with van der Waals surface area (Å²) in [5, 5.41) is 34.7. The van der Waals surface area contributed by atoms with E-state index in [-0.39, 0.29) is 75.0 Å². The molecule has 5 heterocycles. The van der Waals surface area contributed by atoms with E-state index in [4.69, 9.17) is 41.8 Å². The molecule has 19 nitrogen and oxygen atoms in total. The number of halogens is 2. The van der Waals surface area contributed by atoms with Gasteiger partial charge >= 0.3 is 0 Å². The van der Waals surface area contributed by atoms with E-state index in [1.165, 1.54) is 75.2 Å². The van der Waals surface area contributed by atoms with Crippen LogP contribution < -0.4 is 27.8 Å². The van der Waals surface area contributed by atoms with Crippen LogP contribution in [0.15, 0.2) is 218 Å². The van der Waals surface area contributed by atoms with Crippen LogP contribution in [0.4, 0.5) is 39.8 Å².